The van der Waals surface area contributed by atoms with Crippen molar-refractivity contribution in [1.82, 2.24) is 29.1 Å². The standard InChI is InChI=1S/C27H45BN6.C2H3N.Cu/c1-16(2)22-13-25(19(7)8)32(29-22)28(33-26(20(9)10)14-23(30-33)17(3)4)34-27(21(11)12)15-24(31-34)18(5)6;1-2-3;/h13-21H,1-12H3;1H3;/q-1;;+1. The Bertz CT molecular complexity index is 1050. The van der Waals surface area contributed by atoms with Crippen LogP contribution < -0.4 is 0 Å². The molecule has 38 heavy (non-hydrogen) atoms. The third-order valence-electron chi connectivity index (χ3n) is 6.56. The van der Waals surface area contributed by atoms with Crippen molar-refractivity contribution >= 4 is 7.12 Å². The molecular weight excluding hydrogens is 521 g/mol. The van der Waals surface area contributed by atoms with Gasteiger partial charge in [0, 0.05) is 6.92 Å². The summed E-state index contributed by atoms with van der Waals surface area (Å²) >= 11 is 0. The van der Waals surface area contributed by atoms with Crippen molar-refractivity contribution in [3.8, 4) is 6.07 Å². The fourth-order valence-corrected chi connectivity index (χ4v) is 4.29. The van der Waals surface area contributed by atoms with E-state index in [-0.39, 0.29) is 24.2 Å². The van der Waals surface area contributed by atoms with E-state index in [4.69, 9.17) is 20.6 Å². The molecule has 7 nitrogen and oxygen atoms in total. The van der Waals surface area contributed by atoms with Crippen molar-refractivity contribution in [2.75, 3.05) is 0 Å². The Kier molecular flexibility index (Phi) is 12.6. The summed E-state index contributed by atoms with van der Waals surface area (Å²) in [5, 5.41) is 22.9. The molecule has 0 atom stereocenters. The van der Waals surface area contributed by atoms with Crippen LogP contribution in [0.15, 0.2) is 18.2 Å². The molecule has 0 saturated carbocycles. The van der Waals surface area contributed by atoms with Gasteiger partial charge in [0.1, 0.15) is 0 Å². The van der Waals surface area contributed by atoms with E-state index in [1.165, 1.54) is 24.0 Å². The van der Waals surface area contributed by atoms with Crippen LogP contribution >= 0.6 is 0 Å². The molecule has 0 N–H and O–H groups in total. The minimum Gasteiger partial charge on any atom is -0.422 e. The van der Waals surface area contributed by atoms with Crippen LogP contribution in [0.2, 0.25) is 0 Å². The molecule has 0 aliphatic rings. The van der Waals surface area contributed by atoms with Gasteiger partial charge in [-0.15, -0.1) is 0 Å². The first kappa shape index (κ1) is 33.7. The smallest absolute Gasteiger partial charge is 0.422 e. The molecule has 213 valence electrons. The summed E-state index contributed by atoms with van der Waals surface area (Å²) in [6.07, 6.45) is 0. The van der Waals surface area contributed by atoms with Gasteiger partial charge in [-0.05, 0) is 70.8 Å². The third-order valence-corrected chi connectivity index (χ3v) is 6.56. The summed E-state index contributed by atoms with van der Waals surface area (Å²) < 4.78 is 6.56. The molecule has 0 aromatic carbocycles. The molecule has 3 aromatic heterocycles. The normalized spacial score (nSPS) is 11.7. The molecular formula is C29H48BCuN7. The maximum absolute atomic E-state index is 7.32. The molecule has 3 aromatic rings. The van der Waals surface area contributed by atoms with Gasteiger partial charge in [0.25, 0.3) is 7.12 Å². The fourth-order valence-electron chi connectivity index (χ4n) is 4.29. The van der Waals surface area contributed by atoms with Crippen LogP contribution in [0.1, 0.15) is 160 Å². The molecule has 0 amide bonds. The Morgan fingerprint density at radius 3 is 0.921 bits per heavy atom. The average Bonchev–Trinajstić information content (AvgIpc) is 3.52. The Hall–Kier alpha value is -2.30. The van der Waals surface area contributed by atoms with Gasteiger partial charge in [0.15, 0.2) is 0 Å². The monoisotopic (exact) mass is 568 g/mol. The van der Waals surface area contributed by atoms with Gasteiger partial charge in [-0.25, -0.2) is 15.3 Å². The summed E-state index contributed by atoms with van der Waals surface area (Å²) in [5.74, 6) is 2.02. The van der Waals surface area contributed by atoms with Crippen molar-refractivity contribution in [3.63, 3.8) is 0 Å². The van der Waals surface area contributed by atoms with Crippen LogP contribution in [0.25, 0.3) is 0 Å². The maximum atomic E-state index is 7.32. The number of hydrogen-bond acceptors (Lipinski definition) is 4. The van der Waals surface area contributed by atoms with Crippen molar-refractivity contribution in [2.45, 2.75) is 126 Å². The molecule has 9 heteroatoms. The first-order chi connectivity index (χ1) is 17.2. The number of rotatable bonds is 9. The minimum atomic E-state index is -0.292. The van der Waals surface area contributed by atoms with Crippen LogP contribution in [-0.4, -0.2) is 36.2 Å². The predicted molar refractivity (Wildman–Crippen MR) is 154 cm³/mol. The molecule has 0 spiro atoms. The summed E-state index contributed by atoms with van der Waals surface area (Å²) in [5.41, 5.74) is 6.96. The van der Waals surface area contributed by atoms with E-state index in [1.807, 2.05) is 0 Å². The van der Waals surface area contributed by atoms with Crippen LogP contribution in [0, 0.1) is 11.3 Å². The molecule has 0 fully saturated rings. The summed E-state index contributed by atoms with van der Waals surface area (Å²) in [4.78, 5) is 0. The topological polar surface area (TPSA) is 77.2 Å². The maximum Gasteiger partial charge on any atom is 1.00 e. The largest absolute Gasteiger partial charge is 1.00 e. The molecule has 0 aliphatic heterocycles. The molecule has 0 saturated heterocycles. The average molecular weight is 569 g/mol. The zero-order valence-electron chi connectivity index (χ0n) is 25.7. The van der Waals surface area contributed by atoms with Crippen molar-refractivity contribution in [1.29, 1.82) is 5.26 Å². The van der Waals surface area contributed by atoms with Gasteiger partial charge in [-0.3, -0.25) is 0 Å². The van der Waals surface area contributed by atoms with Crippen LogP contribution in [0.4, 0.5) is 0 Å². The van der Waals surface area contributed by atoms with E-state index in [2.05, 4.69) is 115 Å². The van der Waals surface area contributed by atoms with E-state index in [1.54, 1.807) is 6.07 Å². The van der Waals surface area contributed by atoms with Crippen molar-refractivity contribution in [3.05, 3.63) is 52.4 Å². The molecule has 0 bridgehead atoms. The van der Waals surface area contributed by atoms with Gasteiger partial charge in [0.05, 0.1) is 23.2 Å². The van der Waals surface area contributed by atoms with E-state index >= 15 is 0 Å². The zero-order chi connectivity index (χ0) is 28.2. The Balaban J connectivity index is 0.00000172. The number of nitrogens with zero attached hydrogens (tertiary/aromatic N) is 7. The first-order valence-electron chi connectivity index (χ1n) is 13.8. The van der Waals surface area contributed by atoms with E-state index in [0.29, 0.717) is 35.5 Å². The van der Waals surface area contributed by atoms with Gasteiger partial charge < -0.3 is 13.8 Å². The van der Waals surface area contributed by atoms with E-state index < -0.39 is 0 Å². The molecule has 1 radical (unpaired) electrons. The van der Waals surface area contributed by atoms with Crippen molar-refractivity contribution < 1.29 is 17.1 Å². The van der Waals surface area contributed by atoms with Gasteiger partial charge in [0.2, 0.25) is 0 Å². The molecule has 0 unspecified atom stereocenters. The Labute approximate surface area is 242 Å². The SMILES string of the molecule is CC#N.CC(C)c1cc(C(C)C)n([B-](n2nc(C(C)C)cc2C(C)C)n2nc(C(C)C)cc2C(C)C)n1.[Cu+]. The van der Waals surface area contributed by atoms with E-state index in [9.17, 15) is 0 Å². The Morgan fingerprint density at radius 1 is 0.553 bits per heavy atom. The van der Waals surface area contributed by atoms with Crippen LogP contribution in [0.5, 0.6) is 0 Å². The minimum absolute atomic E-state index is 0. The molecule has 0 aliphatic carbocycles. The summed E-state index contributed by atoms with van der Waals surface area (Å²) in [6, 6.07) is 8.56. The first-order valence-corrected chi connectivity index (χ1v) is 13.8. The van der Waals surface area contributed by atoms with Gasteiger partial charge in [-0.1, -0.05) is 83.1 Å². The summed E-state index contributed by atoms with van der Waals surface area (Å²) in [7, 11) is -0.292. The number of aromatic nitrogens is 6. The zero-order valence-corrected chi connectivity index (χ0v) is 26.6. The van der Waals surface area contributed by atoms with E-state index in [0.717, 1.165) is 17.1 Å². The van der Waals surface area contributed by atoms with Crippen LogP contribution in [-0.2, 0) is 17.1 Å². The molecule has 3 heterocycles. The Morgan fingerprint density at radius 2 is 0.763 bits per heavy atom. The number of hydrogen-bond donors (Lipinski definition) is 0. The third kappa shape index (κ3) is 7.42. The molecule has 3 rings (SSSR count). The van der Waals surface area contributed by atoms with Crippen molar-refractivity contribution in [2.24, 2.45) is 0 Å². The second-order valence-corrected chi connectivity index (χ2v) is 11.8. The fraction of sp³-hybridized carbons (Fsp3) is 0.655. The van der Waals surface area contributed by atoms with Gasteiger partial charge in [-0.2, -0.15) is 5.26 Å². The quantitative estimate of drug-likeness (QED) is 0.251. The summed E-state index contributed by atoms with van der Waals surface area (Å²) in [6.45, 7) is 28.1. The number of nitriles is 1. The van der Waals surface area contributed by atoms with Crippen LogP contribution in [0.3, 0.4) is 0 Å². The predicted octanol–water partition coefficient (Wildman–Crippen LogP) is 7.47. The van der Waals surface area contributed by atoms with Gasteiger partial charge >= 0.3 is 17.1 Å². The second-order valence-electron chi connectivity index (χ2n) is 11.8. The second kappa shape index (κ2) is 14.2.